The number of aliphatic hydroxyl groups excluding tert-OH is 1. The maximum Gasteiger partial charge on any atom is 0.174 e. The van der Waals surface area contributed by atoms with Crippen molar-refractivity contribution in [1.82, 2.24) is 4.98 Å². The van der Waals surface area contributed by atoms with Crippen LogP contribution in [0.1, 0.15) is 29.8 Å². The number of pyridine rings is 1. The van der Waals surface area contributed by atoms with Crippen molar-refractivity contribution < 1.29 is 10.3 Å². The first-order valence-corrected chi connectivity index (χ1v) is 7.40. The van der Waals surface area contributed by atoms with Crippen molar-refractivity contribution in [1.29, 1.82) is 0 Å². The van der Waals surface area contributed by atoms with E-state index in [1.807, 2.05) is 19.9 Å². The molecule has 0 bridgehead atoms. The lowest BCUT2D eigenvalue weighted by molar-refractivity contribution is 0.133. The van der Waals surface area contributed by atoms with Gasteiger partial charge in [0.1, 0.15) is 0 Å². The van der Waals surface area contributed by atoms with Gasteiger partial charge < -0.3 is 20.9 Å². The summed E-state index contributed by atoms with van der Waals surface area (Å²) in [7, 11) is 0. The third-order valence-electron chi connectivity index (χ3n) is 4.83. The maximum absolute atomic E-state index is 10.1. The highest BCUT2D eigenvalue weighted by Crippen LogP contribution is 2.41. The monoisotopic (exact) mass is 290 g/mol. The predicted octanol–water partition coefficient (Wildman–Crippen LogP) is 1.00. The highest BCUT2D eigenvalue weighted by Gasteiger charge is 2.42. The summed E-state index contributed by atoms with van der Waals surface area (Å²) in [6.07, 6.45) is 1.78. The van der Waals surface area contributed by atoms with E-state index in [2.05, 4.69) is 15.0 Å². The fourth-order valence-corrected chi connectivity index (χ4v) is 3.86. The number of nitrogens with two attached hydrogens (primary N) is 1. The Morgan fingerprint density at radius 2 is 2.14 bits per heavy atom. The number of aliphatic hydroxyl groups is 1. The molecule has 21 heavy (non-hydrogen) atoms. The summed E-state index contributed by atoms with van der Waals surface area (Å²) in [5.74, 6) is 0.959. The average molecular weight is 290 g/mol. The van der Waals surface area contributed by atoms with Gasteiger partial charge in [0.05, 0.1) is 23.0 Å². The molecule has 1 aliphatic carbocycles. The molecule has 1 saturated carbocycles. The molecule has 0 aromatic carbocycles. The van der Waals surface area contributed by atoms with E-state index in [0.717, 1.165) is 43.0 Å². The maximum atomic E-state index is 10.1. The molecule has 1 saturated heterocycles. The Bertz CT molecular complexity index is 587. The fourth-order valence-electron chi connectivity index (χ4n) is 3.86. The van der Waals surface area contributed by atoms with Crippen LogP contribution in [-0.2, 0) is 0 Å². The lowest BCUT2D eigenvalue weighted by Crippen LogP contribution is -2.28. The standard InChI is InChI=1S/C15H22N4O2/c1-8-5-12(14(9(2)17-8)15(16)18-21)19-6-10-3-4-13(20)11(10)7-19/h5,10-11,13,20-21H,3-4,6-7H2,1-2H3,(H2,16,18). The molecule has 6 heteroatoms. The third kappa shape index (κ3) is 2.33. The number of oxime groups is 1. The number of fused-ring (bicyclic) bond motifs is 1. The Morgan fingerprint density at radius 1 is 1.38 bits per heavy atom. The molecule has 2 heterocycles. The van der Waals surface area contributed by atoms with Crippen LogP contribution in [0, 0.1) is 25.7 Å². The van der Waals surface area contributed by atoms with Gasteiger partial charge in [0.25, 0.3) is 0 Å². The van der Waals surface area contributed by atoms with E-state index < -0.39 is 0 Å². The van der Waals surface area contributed by atoms with Crippen LogP contribution < -0.4 is 10.6 Å². The number of anilines is 1. The second kappa shape index (κ2) is 5.18. The Kier molecular flexibility index (Phi) is 3.49. The lowest BCUT2D eigenvalue weighted by Gasteiger charge is -2.24. The first-order chi connectivity index (χ1) is 10.0. The Morgan fingerprint density at radius 3 is 2.81 bits per heavy atom. The Hall–Kier alpha value is -1.82. The van der Waals surface area contributed by atoms with Crippen molar-refractivity contribution in [2.45, 2.75) is 32.8 Å². The highest BCUT2D eigenvalue weighted by molar-refractivity contribution is 6.03. The van der Waals surface area contributed by atoms with Crippen LogP contribution in [0.2, 0.25) is 0 Å². The van der Waals surface area contributed by atoms with Crippen molar-refractivity contribution in [3.8, 4) is 0 Å². The van der Waals surface area contributed by atoms with Crippen molar-refractivity contribution in [2.24, 2.45) is 22.7 Å². The number of nitrogens with zero attached hydrogens (tertiary/aromatic N) is 3. The summed E-state index contributed by atoms with van der Waals surface area (Å²) in [4.78, 5) is 6.66. The average Bonchev–Trinajstić information content (AvgIpc) is 3.00. The van der Waals surface area contributed by atoms with Gasteiger partial charge in [-0.3, -0.25) is 4.98 Å². The van der Waals surface area contributed by atoms with E-state index in [4.69, 9.17) is 10.9 Å². The molecule has 114 valence electrons. The molecule has 1 aliphatic heterocycles. The molecule has 0 radical (unpaired) electrons. The first kappa shape index (κ1) is 14.1. The number of amidine groups is 1. The molecule has 4 N–H and O–H groups in total. The first-order valence-electron chi connectivity index (χ1n) is 7.40. The van der Waals surface area contributed by atoms with E-state index in [1.165, 1.54) is 0 Å². The molecule has 0 amide bonds. The van der Waals surface area contributed by atoms with Crippen molar-refractivity contribution in [3.63, 3.8) is 0 Å². The molecule has 3 unspecified atom stereocenters. The van der Waals surface area contributed by atoms with Crippen molar-refractivity contribution in [3.05, 3.63) is 23.0 Å². The number of aryl methyl sites for hydroxylation is 2. The molecule has 1 aromatic heterocycles. The van der Waals surface area contributed by atoms with E-state index in [0.29, 0.717) is 17.4 Å². The number of hydrogen-bond donors (Lipinski definition) is 3. The summed E-state index contributed by atoms with van der Waals surface area (Å²) >= 11 is 0. The van der Waals surface area contributed by atoms with Crippen molar-refractivity contribution in [2.75, 3.05) is 18.0 Å². The molecular formula is C15H22N4O2. The predicted molar refractivity (Wildman–Crippen MR) is 80.7 cm³/mol. The van der Waals surface area contributed by atoms with Gasteiger partial charge >= 0.3 is 0 Å². The van der Waals surface area contributed by atoms with E-state index in [1.54, 1.807) is 0 Å². The Labute approximate surface area is 124 Å². The van der Waals surface area contributed by atoms with E-state index in [-0.39, 0.29) is 11.9 Å². The van der Waals surface area contributed by atoms with Crippen LogP contribution in [0.3, 0.4) is 0 Å². The minimum absolute atomic E-state index is 0.0904. The zero-order valence-corrected chi connectivity index (χ0v) is 12.5. The highest BCUT2D eigenvalue weighted by atomic mass is 16.4. The largest absolute Gasteiger partial charge is 0.409 e. The molecule has 3 rings (SSSR count). The minimum atomic E-state index is -0.198. The van der Waals surface area contributed by atoms with Crippen molar-refractivity contribution >= 4 is 11.5 Å². The van der Waals surface area contributed by atoms with Gasteiger partial charge in [-0.25, -0.2) is 0 Å². The van der Waals surface area contributed by atoms with Gasteiger partial charge in [0.15, 0.2) is 5.84 Å². The van der Waals surface area contributed by atoms with Crippen LogP contribution in [0.15, 0.2) is 11.2 Å². The van der Waals surface area contributed by atoms with Crippen LogP contribution in [0.25, 0.3) is 0 Å². The molecular weight excluding hydrogens is 268 g/mol. The van der Waals surface area contributed by atoms with Gasteiger partial charge in [-0.05, 0) is 38.7 Å². The third-order valence-corrected chi connectivity index (χ3v) is 4.83. The molecule has 2 fully saturated rings. The summed E-state index contributed by atoms with van der Waals surface area (Å²) in [5.41, 5.74) is 9.16. The molecule has 0 spiro atoms. The topological polar surface area (TPSA) is 95.0 Å². The fraction of sp³-hybridized carbons (Fsp3) is 0.600. The number of hydrogen-bond acceptors (Lipinski definition) is 5. The van der Waals surface area contributed by atoms with Gasteiger partial charge in [0.2, 0.25) is 0 Å². The van der Waals surface area contributed by atoms with Gasteiger partial charge in [-0.15, -0.1) is 0 Å². The van der Waals surface area contributed by atoms with Gasteiger partial charge in [0, 0.05) is 24.7 Å². The summed E-state index contributed by atoms with van der Waals surface area (Å²) in [6.45, 7) is 5.55. The summed E-state index contributed by atoms with van der Waals surface area (Å²) < 4.78 is 0. The van der Waals surface area contributed by atoms with Crippen LogP contribution in [-0.4, -0.2) is 40.3 Å². The number of aromatic nitrogens is 1. The summed E-state index contributed by atoms with van der Waals surface area (Å²) in [6, 6.07) is 1.98. The lowest BCUT2D eigenvalue weighted by atomic mass is 10.00. The molecule has 1 aromatic rings. The van der Waals surface area contributed by atoms with Gasteiger partial charge in [-0.2, -0.15) is 0 Å². The SMILES string of the molecule is Cc1cc(N2CC3CCC(O)C3C2)c(/C(N)=N/O)c(C)n1. The van der Waals surface area contributed by atoms with Crippen LogP contribution in [0.4, 0.5) is 5.69 Å². The van der Waals surface area contributed by atoms with E-state index in [9.17, 15) is 5.11 Å². The van der Waals surface area contributed by atoms with E-state index >= 15 is 0 Å². The second-order valence-corrected chi connectivity index (χ2v) is 6.20. The van der Waals surface area contributed by atoms with Crippen LogP contribution in [0.5, 0.6) is 0 Å². The normalized spacial score (nSPS) is 29.0. The second-order valence-electron chi connectivity index (χ2n) is 6.20. The minimum Gasteiger partial charge on any atom is -0.409 e. The summed E-state index contributed by atoms with van der Waals surface area (Å²) in [5, 5.41) is 22.2. The smallest absolute Gasteiger partial charge is 0.174 e. The molecule has 2 aliphatic rings. The molecule has 6 nitrogen and oxygen atoms in total. The zero-order valence-electron chi connectivity index (χ0n) is 12.5. The number of rotatable bonds is 2. The molecule has 3 atom stereocenters. The Balaban J connectivity index is 1.99. The zero-order chi connectivity index (χ0) is 15.1. The quantitative estimate of drug-likeness (QED) is 0.327. The van der Waals surface area contributed by atoms with Crippen LogP contribution >= 0.6 is 0 Å². The van der Waals surface area contributed by atoms with Gasteiger partial charge in [-0.1, -0.05) is 5.16 Å².